The van der Waals surface area contributed by atoms with E-state index in [1.54, 1.807) is 34.2 Å². The second kappa shape index (κ2) is 10.5. The van der Waals surface area contributed by atoms with E-state index in [0.29, 0.717) is 28.1 Å². The molecule has 0 aliphatic carbocycles. The van der Waals surface area contributed by atoms with Crippen LogP contribution >= 0.6 is 23.1 Å². The first-order chi connectivity index (χ1) is 16.4. The summed E-state index contributed by atoms with van der Waals surface area (Å²) < 4.78 is 8.09. The van der Waals surface area contributed by atoms with Crippen LogP contribution < -0.4 is 10.1 Å². The molecule has 34 heavy (non-hydrogen) atoms. The van der Waals surface area contributed by atoms with Crippen molar-refractivity contribution < 1.29 is 14.9 Å². The standard InChI is InChI=1S/C23H26N6O3S2/c1-13-21(14(2)29(4)28-13)32-20-9-16(34-15(3)17-7-5-6-8-24-17)10-25-22(20)27-23-26-18(12-33-23)19(31)11-30/h5-10,12,15,19,30-31H,11H2,1-4H3,(H,25,26,27). The second-order valence-corrected chi connectivity index (χ2v) is 9.93. The average Bonchev–Trinajstić information content (AvgIpc) is 3.40. The number of nitrogens with one attached hydrogen (secondary N) is 1. The van der Waals surface area contributed by atoms with Crippen molar-refractivity contribution in [2.45, 2.75) is 37.0 Å². The molecule has 0 aromatic carbocycles. The fourth-order valence-electron chi connectivity index (χ4n) is 3.25. The molecule has 0 saturated carbocycles. The Bertz CT molecular complexity index is 1260. The molecule has 9 nitrogen and oxygen atoms in total. The molecular weight excluding hydrogens is 472 g/mol. The molecule has 4 heterocycles. The normalized spacial score (nSPS) is 13.0. The summed E-state index contributed by atoms with van der Waals surface area (Å²) >= 11 is 2.94. The SMILES string of the molecule is Cc1nn(C)c(C)c1Oc1cc(SC(C)c2ccccn2)cnc1Nc1nc(C(O)CO)cs1. The highest BCUT2D eigenvalue weighted by Crippen LogP contribution is 2.40. The second-order valence-electron chi connectivity index (χ2n) is 7.66. The van der Waals surface area contributed by atoms with Crippen molar-refractivity contribution in [3.05, 3.63) is 64.8 Å². The summed E-state index contributed by atoms with van der Waals surface area (Å²) in [6, 6.07) is 7.81. The number of rotatable bonds is 9. The van der Waals surface area contributed by atoms with Crippen molar-refractivity contribution in [2.24, 2.45) is 7.05 Å². The van der Waals surface area contributed by atoms with Crippen molar-refractivity contribution in [3.8, 4) is 11.5 Å². The third kappa shape index (κ3) is 5.39. The number of nitrogens with zero attached hydrogens (tertiary/aromatic N) is 5. The molecule has 2 atom stereocenters. The molecule has 0 radical (unpaired) electrons. The minimum atomic E-state index is -1.02. The number of aromatic nitrogens is 5. The summed E-state index contributed by atoms with van der Waals surface area (Å²) in [6.07, 6.45) is 2.54. The lowest BCUT2D eigenvalue weighted by atomic mass is 10.3. The largest absolute Gasteiger partial charge is 0.450 e. The van der Waals surface area contributed by atoms with Gasteiger partial charge in [-0.3, -0.25) is 9.67 Å². The molecule has 4 aromatic rings. The molecule has 11 heteroatoms. The van der Waals surface area contributed by atoms with Gasteiger partial charge in [-0.1, -0.05) is 6.07 Å². The first kappa shape index (κ1) is 24.1. The maximum Gasteiger partial charge on any atom is 0.188 e. The highest BCUT2D eigenvalue weighted by Gasteiger charge is 2.19. The van der Waals surface area contributed by atoms with Gasteiger partial charge in [0.05, 0.1) is 23.7 Å². The van der Waals surface area contributed by atoms with E-state index in [2.05, 4.69) is 32.3 Å². The Labute approximate surface area is 205 Å². The molecule has 0 saturated heterocycles. The Kier molecular flexibility index (Phi) is 7.47. The van der Waals surface area contributed by atoms with Gasteiger partial charge in [-0.2, -0.15) is 5.10 Å². The van der Waals surface area contributed by atoms with Gasteiger partial charge < -0.3 is 20.3 Å². The van der Waals surface area contributed by atoms with Crippen LogP contribution in [0, 0.1) is 13.8 Å². The zero-order chi connectivity index (χ0) is 24.2. The number of aliphatic hydroxyl groups is 2. The van der Waals surface area contributed by atoms with Crippen LogP contribution in [0.2, 0.25) is 0 Å². The summed E-state index contributed by atoms with van der Waals surface area (Å²) in [5, 5.41) is 29.0. The van der Waals surface area contributed by atoms with Crippen molar-refractivity contribution >= 4 is 34.0 Å². The van der Waals surface area contributed by atoms with Gasteiger partial charge in [-0.05, 0) is 39.0 Å². The number of aliphatic hydroxyl groups excluding tert-OH is 2. The fraction of sp³-hybridized carbons (Fsp3) is 0.304. The predicted molar refractivity (Wildman–Crippen MR) is 133 cm³/mol. The van der Waals surface area contributed by atoms with E-state index >= 15 is 0 Å². The number of ether oxygens (including phenoxy) is 1. The fourth-order valence-corrected chi connectivity index (χ4v) is 4.96. The Hall–Kier alpha value is -2.99. The van der Waals surface area contributed by atoms with E-state index in [0.717, 1.165) is 22.0 Å². The number of thiazole rings is 1. The van der Waals surface area contributed by atoms with E-state index in [1.807, 2.05) is 45.2 Å². The number of aryl methyl sites for hydroxylation is 2. The lowest BCUT2D eigenvalue weighted by Crippen LogP contribution is -2.03. The molecule has 0 amide bonds. The maximum absolute atomic E-state index is 9.84. The van der Waals surface area contributed by atoms with Gasteiger partial charge >= 0.3 is 0 Å². The van der Waals surface area contributed by atoms with Crippen molar-refractivity contribution in [3.63, 3.8) is 0 Å². The van der Waals surface area contributed by atoms with Crippen LogP contribution in [-0.4, -0.2) is 41.6 Å². The Morgan fingerprint density at radius 3 is 2.74 bits per heavy atom. The minimum Gasteiger partial charge on any atom is -0.450 e. The smallest absolute Gasteiger partial charge is 0.188 e. The molecular formula is C23H26N6O3S2. The number of anilines is 2. The number of thioether (sulfide) groups is 1. The van der Waals surface area contributed by atoms with Crippen LogP contribution in [0.5, 0.6) is 11.5 Å². The Balaban J connectivity index is 1.65. The summed E-state index contributed by atoms with van der Waals surface area (Å²) in [4.78, 5) is 14.3. The first-order valence-corrected chi connectivity index (χ1v) is 12.4. The average molecular weight is 499 g/mol. The van der Waals surface area contributed by atoms with Crippen molar-refractivity contribution in [2.75, 3.05) is 11.9 Å². The lowest BCUT2D eigenvalue weighted by molar-refractivity contribution is 0.0928. The van der Waals surface area contributed by atoms with Gasteiger partial charge in [0.25, 0.3) is 0 Å². The summed E-state index contributed by atoms with van der Waals surface area (Å²) in [5.74, 6) is 1.68. The topological polar surface area (TPSA) is 118 Å². The predicted octanol–water partition coefficient (Wildman–Crippen LogP) is 4.70. The lowest BCUT2D eigenvalue weighted by Gasteiger charge is -2.15. The molecule has 4 aromatic heterocycles. The maximum atomic E-state index is 9.84. The molecule has 0 fully saturated rings. The van der Waals surface area contributed by atoms with Gasteiger partial charge in [-0.15, -0.1) is 23.1 Å². The van der Waals surface area contributed by atoms with E-state index in [1.165, 1.54) is 11.3 Å². The van der Waals surface area contributed by atoms with Crippen LogP contribution in [-0.2, 0) is 7.05 Å². The molecule has 0 spiro atoms. The van der Waals surface area contributed by atoms with Gasteiger partial charge in [0, 0.05) is 35.0 Å². The quantitative estimate of drug-likeness (QED) is 0.282. The molecule has 0 aliphatic rings. The number of pyridine rings is 2. The third-order valence-electron chi connectivity index (χ3n) is 5.16. The summed E-state index contributed by atoms with van der Waals surface area (Å²) in [7, 11) is 1.87. The first-order valence-electron chi connectivity index (χ1n) is 10.6. The van der Waals surface area contributed by atoms with Crippen molar-refractivity contribution in [1.82, 2.24) is 24.7 Å². The van der Waals surface area contributed by atoms with Crippen LogP contribution in [0.25, 0.3) is 0 Å². The minimum absolute atomic E-state index is 0.123. The third-order valence-corrected chi connectivity index (χ3v) is 7.03. The monoisotopic (exact) mass is 498 g/mol. The van der Waals surface area contributed by atoms with E-state index in [-0.39, 0.29) is 5.25 Å². The zero-order valence-electron chi connectivity index (χ0n) is 19.3. The summed E-state index contributed by atoms with van der Waals surface area (Å²) in [5.41, 5.74) is 3.04. The number of hydrogen-bond donors (Lipinski definition) is 3. The van der Waals surface area contributed by atoms with Crippen LogP contribution in [0.15, 0.2) is 46.9 Å². The molecule has 0 aliphatic heterocycles. The zero-order valence-corrected chi connectivity index (χ0v) is 20.9. The molecule has 3 N–H and O–H groups in total. The number of hydrogen-bond acceptors (Lipinski definition) is 10. The van der Waals surface area contributed by atoms with E-state index in [4.69, 9.17) is 4.74 Å². The molecule has 0 bridgehead atoms. The van der Waals surface area contributed by atoms with E-state index < -0.39 is 12.7 Å². The van der Waals surface area contributed by atoms with Crippen LogP contribution in [0.4, 0.5) is 10.9 Å². The molecule has 4 rings (SSSR count). The molecule has 2 unspecified atom stereocenters. The van der Waals surface area contributed by atoms with Gasteiger partial charge in [0.2, 0.25) is 0 Å². The van der Waals surface area contributed by atoms with Gasteiger partial charge in [0.15, 0.2) is 22.4 Å². The van der Waals surface area contributed by atoms with Crippen molar-refractivity contribution in [1.29, 1.82) is 0 Å². The van der Waals surface area contributed by atoms with Crippen LogP contribution in [0.1, 0.15) is 41.1 Å². The van der Waals surface area contributed by atoms with Gasteiger partial charge in [-0.25, -0.2) is 9.97 Å². The van der Waals surface area contributed by atoms with Crippen LogP contribution in [0.3, 0.4) is 0 Å². The van der Waals surface area contributed by atoms with Gasteiger partial charge in [0.1, 0.15) is 11.8 Å². The highest BCUT2D eigenvalue weighted by molar-refractivity contribution is 7.99. The summed E-state index contributed by atoms with van der Waals surface area (Å²) in [6.45, 7) is 5.55. The Morgan fingerprint density at radius 1 is 1.24 bits per heavy atom. The van der Waals surface area contributed by atoms with E-state index in [9.17, 15) is 10.2 Å². The Morgan fingerprint density at radius 2 is 2.06 bits per heavy atom. The highest BCUT2D eigenvalue weighted by atomic mass is 32.2. The molecule has 178 valence electrons.